The van der Waals surface area contributed by atoms with Crippen LogP contribution in [0, 0.1) is 6.92 Å². The maximum atomic E-state index is 12.5. The second kappa shape index (κ2) is 6.56. The molecule has 4 nitrogen and oxygen atoms in total. The van der Waals surface area contributed by atoms with E-state index < -0.39 is 10.0 Å². The van der Waals surface area contributed by atoms with Crippen LogP contribution < -0.4 is 10.0 Å². The van der Waals surface area contributed by atoms with Crippen LogP contribution in [0.5, 0.6) is 0 Å². The Morgan fingerprint density at radius 1 is 1.15 bits per heavy atom. The van der Waals surface area contributed by atoms with E-state index in [1.807, 2.05) is 26.1 Å². The molecule has 6 heteroatoms. The van der Waals surface area contributed by atoms with Gasteiger partial charge in [-0.05, 0) is 57.4 Å². The van der Waals surface area contributed by atoms with Crippen LogP contribution in [0.2, 0.25) is 0 Å². The van der Waals surface area contributed by atoms with Gasteiger partial charge in [0.15, 0.2) is 0 Å². The van der Waals surface area contributed by atoms with Gasteiger partial charge in [0.1, 0.15) is 0 Å². The highest BCUT2D eigenvalue weighted by atomic mass is 79.9. The average Bonchev–Trinajstić information content (AvgIpc) is 2.42. The molecular formula is C14H21BrN2O2S. The summed E-state index contributed by atoms with van der Waals surface area (Å²) in [5, 5.41) is 3.25. The van der Waals surface area contributed by atoms with E-state index in [2.05, 4.69) is 26.0 Å². The van der Waals surface area contributed by atoms with E-state index >= 15 is 0 Å². The molecule has 2 rings (SSSR count). The smallest absolute Gasteiger partial charge is 0.241 e. The highest BCUT2D eigenvalue weighted by Crippen LogP contribution is 2.24. The average molecular weight is 361 g/mol. The molecule has 0 bridgehead atoms. The molecule has 2 N–H and O–H groups in total. The summed E-state index contributed by atoms with van der Waals surface area (Å²) in [7, 11) is -1.48. The minimum absolute atomic E-state index is 0.0444. The maximum Gasteiger partial charge on any atom is 0.241 e. The number of nitrogens with one attached hydrogen (secondary N) is 2. The fraction of sp³-hybridized carbons (Fsp3) is 0.571. The summed E-state index contributed by atoms with van der Waals surface area (Å²) in [6.45, 7) is 1.82. The molecule has 0 radical (unpaired) electrons. The van der Waals surface area contributed by atoms with Gasteiger partial charge in [-0.1, -0.05) is 22.0 Å². The van der Waals surface area contributed by atoms with E-state index in [0.29, 0.717) is 10.9 Å². The van der Waals surface area contributed by atoms with E-state index in [0.717, 1.165) is 35.7 Å². The molecule has 20 heavy (non-hydrogen) atoms. The Bertz CT molecular complexity index is 567. The van der Waals surface area contributed by atoms with Crippen molar-refractivity contribution < 1.29 is 8.42 Å². The Morgan fingerprint density at radius 2 is 1.75 bits per heavy atom. The summed E-state index contributed by atoms with van der Waals surface area (Å²) in [4.78, 5) is 0.364. The molecule has 1 saturated carbocycles. The lowest BCUT2D eigenvalue weighted by atomic mass is 9.92. The number of sulfonamides is 1. The molecule has 0 amide bonds. The number of benzene rings is 1. The minimum Gasteiger partial charge on any atom is -0.317 e. The van der Waals surface area contributed by atoms with Crippen molar-refractivity contribution in [2.75, 3.05) is 7.05 Å². The Hall–Kier alpha value is -0.430. The molecule has 0 saturated heterocycles. The molecule has 1 aliphatic rings. The fourth-order valence-corrected chi connectivity index (χ4v) is 4.73. The number of rotatable bonds is 4. The third-order valence-corrected chi connectivity index (χ3v) is 6.05. The molecule has 0 heterocycles. The van der Waals surface area contributed by atoms with Crippen molar-refractivity contribution in [2.45, 2.75) is 49.6 Å². The topological polar surface area (TPSA) is 58.2 Å². The highest BCUT2D eigenvalue weighted by Gasteiger charge is 2.26. The molecule has 0 aromatic heterocycles. The van der Waals surface area contributed by atoms with Crippen molar-refractivity contribution in [3.8, 4) is 0 Å². The van der Waals surface area contributed by atoms with Crippen molar-refractivity contribution in [3.05, 3.63) is 28.2 Å². The first-order valence-electron chi connectivity index (χ1n) is 6.88. The number of hydrogen-bond acceptors (Lipinski definition) is 3. The van der Waals surface area contributed by atoms with E-state index in [-0.39, 0.29) is 6.04 Å². The van der Waals surface area contributed by atoms with Crippen LogP contribution >= 0.6 is 15.9 Å². The number of halogens is 1. The predicted octanol–water partition coefficient (Wildman–Crippen LogP) is 2.57. The largest absolute Gasteiger partial charge is 0.317 e. The normalized spacial score (nSPS) is 23.8. The van der Waals surface area contributed by atoms with E-state index in [9.17, 15) is 8.42 Å². The summed E-state index contributed by atoms with van der Waals surface area (Å²) in [5.41, 5.74) is 0.768. The van der Waals surface area contributed by atoms with Gasteiger partial charge in [-0.25, -0.2) is 13.1 Å². The molecule has 0 atom stereocenters. The number of hydrogen-bond donors (Lipinski definition) is 2. The Labute approximate surface area is 129 Å². The Morgan fingerprint density at radius 3 is 2.35 bits per heavy atom. The van der Waals surface area contributed by atoms with Crippen LogP contribution in [-0.4, -0.2) is 27.5 Å². The molecule has 1 aliphatic carbocycles. The van der Waals surface area contributed by atoms with Gasteiger partial charge < -0.3 is 5.32 Å². The second-order valence-electron chi connectivity index (χ2n) is 5.37. The third-order valence-electron chi connectivity index (χ3n) is 3.90. The molecule has 112 valence electrons. The van der Waals surface area contributed by atoms with Crippen LogP contribution in [0.4, 0.5) is 0 Å². The molecule has 0 aliphatic heterocycles. The first-order valence-corrected chi connectivity index (χ1v) is 9.16. The Balaban J connectivity index is 2.10. The van der Waals surface area contributed by atoms with Gasteiger partial charge in [0.05, 0.1) is 4.90 Å². The second-order valence-corrected chi connectivity index (χ2v) is 7.97. The quantitative estimate of drug-likeness (QED) is 0.867. The van der Waals surface area contributed by atoms with Gasteiger partial charge in [0.25, 0.3) is 0 Å². The third kappa shape index (κ3) is 3.81. The summed E-state index contributed by atoms with van der Waals surface area (Å²) >= 11 is 3.33. The summed E-state index contributed by atoms with van der Waals surface area (Å²) in [6, 6.07) is 5.89. The fourth-order valence-electron chi connectivity index (χ4n) is 2.65. The van der Waals surface area contributed by atoms with Gasteiger partial charge >= 0.3 is 0 Å². The van der Waals surface area contributed by atoms with Gasteiger partial charge in [0.2, 0.25) is 10.0 Å². The standard InChI is InChI=1S/C14H21BrN2O2S/c1-10-3-4-11(15)9-14(10)20(18,19)17-13-7-5-12(16-2)6-8-13/h3-4,9,12-13,16-17H,5-8H2,1-2H3. The summed E-state index contributed by atoms with van der Waals surface area (Å²) in [5.74, 6) is 0. The highest BCUT2D eigenvalue weighted by molar-refractivity contribution is 9.10. The first kappa shape index (κ1) is 15.9. The molecule has 1 fully saturated rings. The van der Waals surface area contributed by atoms with Crippen molar-refractivity contribution in [3.63, 3.8) is 0 Å². The lowest BCUT2D eigenvalue weighted by molar-refractivity contribution is 0.342. The van der Waals surface area contributed by atoms with Gasteiger partial charge in [-0.15, -0.1) is 0 Å². The van der Waals surface area contributed by atoms with E-state index in [1.54, 1.807) is 6.07 Å². The molecule has 1 aromatic carbocycles. The van der Waals surface area contributed by atoms with Gasteiger partial charge in [0, 0.05) is 16.6 Å². The number of aryl methyl sites for hydroxylation is 1. The zero-order chi connectivity index (χ0) is 14.8. The Kier molecular flexibility index (Phi) is 5.23. The molecule has 0 spiro atoms. The summed E-state index contributed by atoms with van der Waals surface area (Å²) < 4.78 is 28.6. The van der Waals surface area contributed by atoms with Gasteiger partial charge in [-0.2, -0.15) is 0 Å². The summed E-state index contributed by atoms with van der Waals surface area (Å²) in [6.07, 6.45) is 3.80. The predicted molar refractivity (Wildman–Crippen MR) is 84.3 cm³/mol. The van der Waals surface area contributed by atoms with Gasteiger partial charge in [-0.3, -0.25) is 0 Å². The lowest BCUT2D eigenvalue weighted by Crippen LogP contribution is -2.41. The van der Waals surface area contributed by atoms with Crippen LogP contribution in [0.3, 0.4) is 0 Å². The van der Waals surface area contributed by atoms with E-state index in [1.165, 1.54) is 0 Å². The SMILES string of the molecule is CNC1CCC(NS(=O)(=O)c2cc(Br)ccc2C)CC1. The monoisotopic (exact) mass is 360 g/mol. The van der Waals surface area contributed by atoms with Crippen LogP contribution in [0.1, 0.15) is 31.2 Å². The van der Waals surface area contributed by atoms with Crippen LogP contribution in [0.25, 0.3) is 0 Å². The van der Waals surface area contributed by atoms with Crippen LogP contribution in [0.15, 0.2) is 27.6 Å². The maximum absolute atomic E-state index is 12.5. The molecule has 1 aromatic rings. The lowest BCUT2D eigenvalue weighted by Gasteiger charge is -2.28. The zero-order valence-electron chi connectivity index (χ0n) is 11.8. The first-order chi connectivity index (χ1) is 9.42. The van der Waals surface area contributed by atoms with Crippen molar-refractivity contribution >= 4 is 26.0 Å². The van der Waals surface area contributed by atoms with Crippen molar-refractivity contribution in [2.24, 2.45) is 0 Å². The molecular weight excluding hydrogens is 340 g/mol. The minimum atomic E-state index is -3.44. The zero-order valence-corrected chi connectivity index (χ0v) is 14.2. The van der Waals surface area contributed by atoms with Crippen LogP contribution in [-0.2, 0) is 10.0 Å². The van der Waals surface area contributed by atoms with Crippen molar-refractivity contribution in [1.29, 1.82) is 0 Å². The van der Waals surface area contributed by atoms with Crippen molar-refractivity contribution in [1.82, 2.24) is 10.0 Å². The van der Waals surface area contributed by atoms with E-state index in [4.69, 9.17) is 0 Å². The molecule has 0 unspecified atom stereocenters.